The van der Waals surface area contributed by atoms with Gasteiger partial charge in [-0.3, -0.25) is 0 Å². The molecule has 2 saturated heterocycles. The molecule has 0 saturated carbocycles. The Kier molecular flexibility index (Phi) is 13.4. The van der Waals surface area contributed by atoms with Gasteiger partial charge in [0.15, 0.2) is 26.1 Å². The van der Waals surface area contributed by atoms with Gasteiger partial charge in [-0.1, -0.05) is 46.8 Å². The number of fused-ring (bicyclic) bond motifs is 2. The van der Waals surface area contributed by atoms with Crippen molar-refractivity contribution in [2.45, 2.75) is 108 Å². The van der Waals surface area contributed by atoms with Gasteiger partial charge in [0.1, 0.15) is 5.75 Å². The van der Waals surface area contributed by atoms with E-state index in [0.717, 1.165) is 18.4 Å². The SMILES string of the molecule is CC(C)CN(C([C@H](O)[C@H](Cc1ccc(OCCCCO[Si](C)(C)C(C)(C)C)cc1)NC(=O)O)[C@@H]1CO[C@H]2OCC[C@H]21)S(=O)(=O)c1ccc2c(c1)OCO2. The molecule has 2 fully saturated rings. The average Bonchev–Trinajstić information content (AvgIpc) is 3.84. The molecule has 0 bridgehead atoms. The highest BCUT2D eigenvalue weighted by atomic mass is 32.2. The summed E-state index contributed by atoms with van der Waals surface area (Å²) in [6, 6.07) is 9.66. The molecule has 3 aliphatic heterocycles. The first kappa shape index (κ1) is 41.2. The van der Waals surface area contributed by atoms with Crippen LogP contribution < -0.4 is 19.5 Å². The monoisotopic (exact) mass is 778 g/mol. The van der Waals surface area contributed by atoms with Crippen molar-refractivity contribution in [3.63, 3.8) is 0 Å². The lowest BCUT2D eigenvalue weighted by Gasteiger charge is -2.42. The maximum atomic E-state index is 14.6. The number of aliphatic hydroxyl groups is 1. The molecule has 6 atom stereocenters. The predicted molar refractivity (Wildman–Crippen MR) is 201 cm³/mol. The molecule has 2 aromatic carbocycles. The Morgan fingerprint density at radius 1 is 1.04 bits per heavy atom. The first-order chi connectivity index (χ1) is 25.0. The van der Waals surface area contributed by atoms with Gasteiger partial charge in [-0.15, -0.1) is 0 Å². The summed E-state index contributed by atoms with van der Waals surface area (Å²) < 4.78 is 65.5. The minimum atomic E-state index is -4.25. The van der Waals surface area contributed by atoms with Gasteiger partial charge in [0.05, 0.1) is 42.9 Å². The van der Waals surface area contributed by atoms with Gasteiger partial charge in [0.25, 0.3) is 0 Å². The van der Waals surface area contributed by atoms with E-state index >= 15 is 0 Å². The Morgan fingerprint density at radius 2 is 1.74 bits per heavy atom. The third-order valence-electron chi connectivity index (χ3n) is 10.9. The minimum absolute atomic E-state index is 0.0128. The number of nitrogens with one attached hydrogen (secondary N) is 1. The number of aliphatic hydroxyl groups excluding tert-OH is 1. The molecule has 5 rings (SSSR count). The Hall–Kier alpha value is -2.92. The average molecular weight is 779 g/mol. The molecule has 0 spiro atoms. The van der Waals surface area contributed by atoms with Gasteiger partial charge in [-0.25, -0.2) is 13.2 Å². The number of hydrogen-bond acceptors (Lipinski definition) is 10. The van der Waals surface area contributed by atoms with E-state index < -0.39 is 54.8 Å². The maximum Gasteiger partial charge on any atom is 0.404 e. The molecule has 53 heavy (non-hydrogen) atoms. The number of unbranched alkanes of at least 4 members (excludes halogenated alkanes) is 1. The minimum Gasteiger partial charge on any atom is -0.494 e. The van der Waals surface area contributed by atoms with Gasteiger partial charge in [-0.05, 0) is 79.6 Å². The highest BCUT2D eigenvalue weighted by molar-refractivity contribution is 7.89. The lowest BCUT2D eigenvalue weighted by molar-refractivity contribution is -0.0907. The largest absolute Gasteiger partial charge is 0.494 e. The van der Waals surface area contributed by atoms with E-state index in [1.165, 1.54) is 16.4 Å². The van der Waals surface area contributed by atoms with Gasteiger partial charge in [-0.2, -0.15) is 4.31 Å². The molecule has 1 unspecified atom stereocenters. The second-order valence-corrected chi connectivity index (χ2v) is 22.9. The van der Waals surface area contributed by atoms with Crippen molar-refractivity contribution in [3.8, 4) is 17.2 Å². The third kappa shape index (κ3) is 10.0. The zero-order valence-corrected chi connectivity index (χ0v) is 33.9. The van der Waals surface area contributed by atoms with Crippen LogP contribution in [0.4, 0.5) is 4.79 Å². The third-order valence-corrected chi connectivity index (χ3v) is 17.3. The van der Waals surface area contributed by atoms with Crippen molar-refractivity contribution in [2.24, 2.45) is 17.8 Å². The van der Waals surface area contributed by atoms with Crippen LogP contribution in [0.15, 0.2) is 47.4 Å². The number of carbonyl (C=O) groups is 1. The highest BCUT2D eigenvalue weighted by Crippen LogP contribution is 2.43. The second kappa shape index (κ2) is 17.3. The van der Waals surface area contributed by atoms with Crippen LogP contribution in [0, 0.1) is 17.8 Å². The molecule has 296 valence electrons. The van der Waals surface area contributed by atoms with E-state index in [0.29, 0.717) is 43.5 Å². The van der Waals surface area contributed by atoms with Crippen LogP contribution in [0.3, 0.4) is 0 Å². The van der Waals surface area contributed by atoms with Crippen LogP contribution in [-0.2, 0) is 30.3 Å². The Balaban J connectivity index is 1.34. The summed E-state index contributed by atoms with van der Waals surface area (Å²) in [7, 11) is -6.04. The zero-order chi connectivity index (χ0) is 38.6. The van der Waals surface area contributed by atoms with Gasteiger partial charge < -0.3 is 43.6 Å². The van der Waals surface area contributed by atoms with Crippen LogP contribution in [0.1, 0.15) is 59.4 Å². The van der Waals surface area contributed by atoms with Crippen molar-refractivity contribution in [1.82, 2.24) is 9.62 Å². The van der Waals surface area contributed by atoms with E-state index in [2.05, 4.69) is 39.2 Å². The number of benzene rings is 2. The molecule has 1 amide bonds. The fraction of sp³-hybridized carbons (Fsp3) is 0.658. The normalized spacial score (nSPS) is 21.8. The summed E-state index contributed by atoms with van der Waals surface area (Å²) in [6.45, 7) is 16.9. The number of amides is 1. The topological polar surface area (TPSA) is 162 Å². The summed E-state index contributed by atoms with van der Waals surface area (Å²) >= 11 is 0. The summed E-state index contributed by atoms with van der Waals surface area (Å²) in [5.74, 6) is 0.649. The van der Waals surface area contributed by atoms with Gasteiger partial charge >= 0.3 is 6.09 Å². The van der Waals surface area contributed by atoms with E-state index in [9.17, 15) is 23.4 Å². The first-order valence-electron chi connectivity index (χ1n) is 18.7. The van der Waals surface area contributed by atoms with Crippen LogP contribution in [0.2, 0.25) is 18.1 Å². The van der Waals surface area contributed by atoms with Crippen molar-refractivity contribution in [3.05, 3.63) is 48.0 Å². The summed E-state index contributed by atoms with van der Waals surface area (Å²) in [4.78, 5) is 12.2. The molecular formula is C38H58N2O11SSi. The number of ether oxygens (including phenoxy) is 5. The lowest BCUT2D eigenvalue weighted by atomic mass is 9.81. The Labute approximate surface area is 315 Å². The zero-order valence-electron chi connectivity index (χ0n) is 32.1. The first-order valence-corrected chi connectivity index (χ1v) is 23.0. The molecule has 0 radical (unpaired) electrons. The number of hydrogen-bond donors (Lipinski definition) is 3. The van der Waals surface area contributed by atoms with Gasteiger partial charge in [0, 0.05) is 31.1 Å². The molecule has 2 aromatic rings. The Bertz CT molecular complexity index is 1630. The predicted octanol–water partition coefficient (Wildman–Crippen LogP) is 5.86. The van der Waals surface area contributed by atoms with Crippen molar-refractivity contribution in [1.29, 1.82) is 0 Å². The molecule has 15 heteroatoms. The van der Waals surface area contributed by atoms with Crippen LogP contribution >= 0.6 is 0 Å². The molecular weight excluding hydrogens is 721 g/mol. The van der Waals surface area contributed by atoms with Crippen LogP contribution in [-0.4, -0.2) is 102 Å². The fourth-order valence-electron chi connectivity index (χ4n) is 6.97. The smallest absolute Gasteiger partial charge is 0.404 e. The van der Waals surface area contributed by atoms with E-state index in [-0.39, 0.29) is 48.1 Å². The fourth-order valence-corrected chi connectivity index (χ4v) is 9.92. The molecule has 3 aliphatic rings. The molecule has 13 nitrogen and oxygen atoms in total. The molecule has 3 N–H and O–H groups in total. The second-order valence-electron chi connectivity index (χ2n) is 16.2. The summed E-state index contributed by atoms with van der Waals surface area (Å²) in [6.07, 6.45) is -0.840. The summed E-state index contributed by atoms with van der Waals surface area (Å²) in [5, 5.41) is 25.0. The standard InChI is InChI=1S/C38H58N2O11SSi/c1-25(2)22-40(52(44,45)28-14-15-32-33(21-28)50-24-49-32)34(30-23-48-36-29(30)16-19-47-36)35(41)31(39-37(42)43)20-26-10-12-27(13-11-26)46-17-8-9-18-51-53(6,7)38(3,4)5/h10-15,21,25,29-31,34-36,39,41H,8-9,16-20,22-24H2,1-7H3,(H,42,43)/t29-,30+,31-,34?,35+,36+/m0/s1. The van der Waals surface area contributed by atoms with E-state index in [1.807, 2.05) is 38.1 Å². The molecule has 0 aromatic heterocycles. The summed E-state index contributed by atoms with van der Waals surface area (Å²) in [5.41, 5.74) is 0.746. The van der Waals surface area contributed by atoms with Crippen molar-refractivity contribution < 1.29 is 51.5 Å². The lowest BCUT2D eigenvalue weighted by Crippen LogP contribution is -2.60. The number of carboxylic acid groups (broad SMARTS) is 1. The van der Waals surface area contributed by atoms with Crippen LogP contribution in [0.5, 0.6) is 17.2 Å². The number of nitrogens with zero attached hydrogens (tertiary/aromatic N) is 1. The Morgan fingerprint density at radius 3 is 2.42 bits per heavy atom. The van der Waals surface area contributed by atoms with Crippen LogP contribution in [0.25, 0.3) is 0 Å². The quantitative estimate of drug-likeness (QED) is 0.123. The van der Waals surface area contributed by atoms with E-state index in [1.54, 1.807) is 6.07 Å². The number of rotatable bonds is 18. The molecule has 3 heterocycles. The molecule has 0 aliphatic carbocycles. The number of sulfonamides is 1. The van der Waals surface area contributed by atoms with Crippen molar-refractivity contribution >= 4 is 24.4 Å². The maximum absolute atomic E-state index is 14.6. The van der Waals surface area contributed by atoms with E-state index in [4.69, 9.17) is 28.1 Å². The highest BCUT2D eigenvalue weighted by Gasteiger charge is 2.52. The van der Waals surface area contributed by atoms with Gasteiger partial charge in [0.2, 0.25) is 16.8 Å². The van der Waals surface area contributed by atoms with Crippen molar-refractivity contribution in [2.75, 3.05) is 39.8 Å².